The van der Waals surface area contributed by atoms with E-state index < -0.39 is 0 Å². The molecule has 1 aromatic heterocycles. The first-order valence-corrected chi connectivity index (χ1v) is 7.90. The molecule has 1 aliphatic rings. The van der Waals surface area contributed by atoms with Crippen molar-refractivity contribution in [1.82, 2.24) is 9.55 Å². The molecule has 0 aliphatic heterocycles. The van der Waals surface area contributed by atoms with Gasteiger partial charge in [-0.2, -0.15) is 0 Å². The second-order valence-corrected chi connectivity index (χ2v) is 7.00. The van der Waals surface area contributed by atoms with Gasteiger partial charge in [-0.1, -0.05) is 31.2 Å². The Labute approximate surface area is 127 Å². The first-order valence-electron chi connectivity index (χ1n) is 7.90. The Morgan fingerprint density at radius 1 is 1.24 bits per heavy atom. The van der Waals surface area contributed by atoms with Gasteiger partial charge in [-0.05, 0) is 45.6 Å². The third-order valence-electron chi connectivity index (χ3n) is 4.21. The molecule has 2 aromatic rings. The van der Waals surface area contributed by atoms with Gasteiger partial charge in [-0.3, -0.25) is 0 Å². The summed E-state index contributed by atoms with van der Waals surface area (Å²) in [7, 11) is 0. The number of aromatic nitrogens is 2. The van der Waals surface area contributed by atoms with Gasteiger partial charge in [0.25, 0.3) is 0 Å². The quantitative estimate of drug-likeness (QED) is 0.911. The van der Waals surface area contributed by atoms with E-state index in [0.29, 0.717) is 5.92 Å². The summed E-state index contributed by atoms with van der Waals surface area (Å²) in [6, 6.07) is 8.46. The SMILES string of the molecule is CCc1ccccc1-c1nc(C2CC2)n(C(C)(C)C)c1N. The summed E-state index contributed by atoms with van der Waals surface area (Å²) in [5.74, 6) is 2.57. The maximum absolute atomic E-state index is 6.51. The molecule has 2 N–H and O–H groups in total. The number of benzene rings is 1. The molecule has 0 unspecified atom stereocenters. The standard InChI is InChI=1S/C18H25N3/c1-5-12-8-6-7-9-14(12)15-16(19)21(18(2,3)4)17(20-15)13-10-11-13/h6-9,13H,5,10-11,19H2,1-4H3. The van der Waals surface area contributed by atoms with Crippen LogP contribution < -0.4 is 5.73 Å². The van der Waals surface area contributed by atoms with Crippen molar-refractivity contribution in [3.05, 3.63) is 35.7 Å². The van der Waals surface area contributed by atoms with E-state index in [2.05, 4.69) is 56.5 Å². The average molecular weight is 283 g/mol. The summed E-state index contributed by atoms with van der Waals surface area (Å²) in [6.07, 6.45) is 3.47. The molecule has 0 spiro atoms. The van der Waals surface area contributed by atoms with Gasteiger partial charge < -0.3 is 10.3 Å². The van der Waals surface area contributed by atoms with Crippen LogP contribution in [-0.4, -0.2) is 9.55 Å². The van der Waals surface area contributed by atoms with Crippen LogP contribution in [0.5, 0.6) is 0 Å². The molecule has 1 heterocycles. The fraction of sp³-hybridized carbons (Fsp3) is 0.500. The predicted octanol–water partition coefficient (Wildman–Crippen LogP) is 4.33. The van der Waals surface area contributed by atoms with Gasteiger partial charge in [0.05, 0.1) is 0 Å². The summed E-state index contributed by atoms with van der Waals surface area (Å²) in [5.41, 5.74) is 9.93. The number of nitrogen functional groups attached to an aromatic ring is 1. The summed E-state index contributed by atoms with van der Waals surface area (Å²) in [6.45, 7) is 8.78. The number of hydrogen-bond acceptors (Lipinski definition) is 2. The second kappa shape index (κ2) is 4.90. The molecule has 3 nitrogen and oxygen atoms in total. The zero-order valence-corrected chi connectivity index (χ0v) is 13.5. The van der Waals surface area contributed by atoms with Crippen LogP contribution in [0.2, 0.25) is 0 Å². The summed E-state index contributed by atoms with van der Waals surface area (Å²) < 4.78 is 2.24. The van der Waals surface area contributed by atoms with Crippen molar-refractivity contribution < 1.29 is 0 Å². The second-order valence-electron chi connectivity index (χ2n) is 7.00. The average Bonchev–Trinajstić information content (AvgIpc) is 3.21. The van der Waals surface area contributed by atoms with Crippen LogP contribution in [-0.2, 0) is 12.0 Å². The molecule has 1 aliphatic carbocycles. The molecule has 21 heavy (non-hydrogen) atoms. The number of hydrogen-bond donors (Lipinski definition) is 1. The fourth-order valence-electron chi connectivity index (χ4n) is 3.03. The summed E-state index contributed by atoms with van der Waals surface area (Å²) >= 11 is 0. The van der Waals surface area contributed by atoms with E-state index in [4.69, 9.17) is 10.7 Å². The predicted molar refractivity (Wildman–Crippen MR) is 88.4 cm³/mol. The minimum absolute atomic E-state index is 0.0333. The minimum Gasteiger partial charge on any atom is -0.383 e. The molecule has 1 aromatic carbocycles. The Morgan fingerprint density at radius 3 is 2.48 bits per heavy atom. The number of aryl methyl sites for hydroxylation is 1. The monoisotopic (exact) mass is 283 g/mol. The molecule has 1 saturated carbocycles. The van der Waals surface area contributed by atoms with Crippen LogP contribution in [0, 0.1) is 0 Å². The van der Waals surface area contributed by atoms with E-state index in [0.717, 1.165) is 17.9 Å². The van der Waals surface area contributed by atoms with Gasteiger partial charge in [0.15, 0.2) is 0 Å². The Hall–Kier alpha value is -1.77. The Kier molecular flexibility index (Phi) is 3.31. The van der Waals surface area contributed by atoms with Gasteiger partial charge in [0.1, 0.15) is 17.3 Å². The zero-order chi connectivity index (χ0) is 15.2. The van der Waals surface area contributed by atoms with E-state index in [1.165, 1.54) is 29.8 Å². The highest BCUT2D eigenvalue weighted by atomic mass is 15.2. The number of nitrogens with two attached hydrogens (primary N) is 1. The highest BCUT2D eigenvalue weighted by molar-refractivity contribution is 5.74. The molecule has 3 heteroatoms. The third-order valence-corrected chi connectivity index (χ3v) is 4.21. The van der Waals surface area contributed by atoms with Crippen LogP contribution in [0.4, 0.5) is 5.82 Å². The molecular weight excluding hydrogens is 258 g/mol. The lowest BCUT2D eigenvalue weighted by Gasteiger charge is -2.25. The van der Waals surface area contributed by atoms with E-state index in [-0.39, 0.29) is 5.54 Å². The van der Waals surface area contributed by atoms with Crippen LogP contribution in [0.15, 0.2) is 24.3 Å². The van der Waals surface area contributed by atoms with Gasteiger partial charge in [0.2, 0.25) is 0 Å². The maximum atomic E-state index is 6.51. The molecule has 3 rings (SSSR count). The fourth-order valence-corrected chi connectivity index (χ4v) is 3.03. The minimum atomic E-state index is -0.0333. The number of imidazole rings is 1. The van der Waals surface area contributed by atoms with Crippen LogP contribution in [0.25, 0.3) is 11.3 Å². The number of nitrogens with zero attached hydrogens (tertiary/aromatic N) is 2. The van der Waals surface area contributed by atoms with Crippen molar-refractivity contribution in [2.24, 2.45) is 0 Å². The third kappa shape index (κ3) is 2.45. The highest BCUT2D eigenvalue weighted by Crippen LogP contribution is 2.44. The van der Waals surface area contributed by atoms with Gasteiger partial charge in [0, 0.05) is 17.0 Å². The molecule has 1 fully saturated rings. The van der Waals surface area contributed by atoms with Gasteiger partial charge in [-0.25, -0.2) is 4.98 Å². The lowest BCUT2D eigenvalue weighted by molar-refractivity contribution is 0.388. The highest BCUT2D eigenvalue weighted by Gasteiger charge is 2.34. The molecule has 0 bridgehead atoms. The topological polar surface area (TPSA) is 43.8 Å². The lowest BCUT2D eigenvalue weighted by atomic mass is 10.0. The first-order chi connectivity index (χ1) is 9.93. The largest absolute Gasteiger partial charge is 0.383 e. The lowest BCUT2D eigenvalue weighted by Crippen LogP contribution is -2.25. The molecule has 0 amide bonds. The zero-order valence-electron chi connectivity index (χ0n) is 13.5. The van der Waals surface area contributed by atoms with Gasteiger partial charge >= 0.3 is 0 Å². The smallest absolute Gasteiger partial charge is 0.132 e. The molecule has 112 valence electrons. The maximum Gasteiger partial charge on any atom is 0.132 e. The summed E-state index contributed by atoms with van der Waals surface area (Å²) in [5, 5.41) is 0. The summed E-state index contributed by atoms with van der Waals surface area (Å²) in [4.78, 5) is 4.96. The Balaban J connectivity index is 2.20. The number of rotatable bonds is 3. The van der Waals surface area contributed by atoms with Crippen molar-refractivity contribution in [1.29, 1.82) is 0 Å². The van der Waals surface area contributed by atoms with Crippen molar-refractivity contribution in [2.75, 3.05) is 5.73 Å². The Morgan fingerprint density at radius 2 is 1.90 bits per heavy atom. The first kappa shape index (κ1) is 14.2. The van der Waals surface area contributed by atoms with Crippen molar-refractivity contribution >= 4 is 5.82 Å². The van der Waals surface area contributed by atoms with Crippen molar-refractivity contribution in [3.8, 4) is 11.3 Å². The van der Waals surface area contributed by atoms with E-state index >= 15 is 0 Å². The van der Waals surface area contributed by atoms with E-state index in [9.17, 15) is 0 Å². The van der Waals surface area contributed by atoms with Crippen LogP contribution >= 0.6 is 0 Å². The Bertz CT molecular complexity index is 658. The normalized spacial score (nSPS) is 15.4. The van der Waals surface area contributed by atoms with E-state index in [1.54, 1.807) is 0 Å². The van der Waals surface area contributed by atoms with Crippen molar-refractivity contribution in [2.45, 2.75) is 58.4 Å². The van der Waals surface area contributed by atoms with Crippen molar-refractivity contribution in [3.63, 3.8) is 0 Å². The molecular formula is C18H25N3. The molecule has 0 atom stereocenters. The van der Waals surface area contributed by atoms with Crippen LogP contribution in [0.1, 0.15) is 57.8 Å². The number of anilines is 1. The van der Waals surface area contributed by atoms with Crippen LogP contribution in [0.3, 0.4) is 0 Å². The molecule has 0 saturated heterocycles. The van der Waals surface area contributed by atoms with Gasteiger partial charge in [-0.15, -0.1) is 0 Å². The van der Waals surface area contributed by atoms with E-state index in [1.807, 2.05) is 0 Å². The molecule has 0 radical (unpaired) electrons.